The molecule has 8 heteroatoms. The van der Waals surface area contributed by atoms with Gasteiger partial charge in [-0.1, -0.05) is 24.7 Å². The molecular weight excluding hydrogens is 298 g/mol. The Labute approximate surface area is 123 Å². The average Bonchev–Trinajstić information content (AvgIpc) is 2.87. The molecule has 1 N–H and O–H groups in total. The van der Waals surface area contributed by atoms with E-state index in [2.05, 4.69) is 10.3 Å². The molecule has 0 bridgehead atoms. The zero-order chi connectivity index (χ0) is 14.8. The number of amides is 1. The number of carbonyl (C=O) groups excluding carboxylic acids is 1. The number of hydrogen-bond donors (Lipinski definition) is 1. The molecule has 1 atom stereocenters. The number of carbonyl (C=O) groups is 1. The van der Waals surface area contributed by atoms with Crippen LogP contribution in [0.5, 0.6) is 0 Å². The molecule has 0 spiro atoms. The van der Waals surface area contributed by atoms with Crippen molar-refractivity contribution in [1.29, 1.82) is 0 Å². The van der Waals surface area contributed by atoms with E-state index in [0.717, 1.165) is 37.0 Å². The number of sulfonamides is 1. The predicted octanol–water partition coefficient (Wildman–Crippen LogP) is 2.05. The van der Waals surface area contributed by atoms with E-state index in [4.69, 9.17) is 0 Å². The highest BCUT2D eigenvalue weighted by Gasteiger charge is 2.33. The van der Waals surface area contributed by atoms with Gasteiger partial charge in [0.2, 0.25) is 5.91 Å². The molecule has 0 aliphatic carbocycles. The van der Waals surface area contributed by atoms with Gasteiger partial charge in [-0.3, -0.25) is 4.79 Å². The van der Waals surface area contributed by atoms with Crippen molar-refractivity contribution >= 4 is 32.4 Å². The third-order valence-electron chi connectivity index (χ3n) is 3.37. The number of aromatic nitrogens is 1. The first-order valence-corrected chi connectivity index (χ1v) is 8.96. The van der Waals surface area contributed by atoms with E-state index < -0.39 is 10.0 Å². The lowest BCUT2D eigenvalue weighted by atomic mass is 10.0. The normalized spacial score (nSPS) is 20.8. The summed E-state index contributed by atoms with van der Waals surface area (Å²) >= 11 is 1.00. The van der Waals surface area contributed by atoms with Gasteiger partial charge in [-0.2, -0.15) is 4.31 Å². The maximum Gasteiger partial charge on any atom is 0.254 e. The molecule has 1 aliphatic rings. The van der Waals surface area contributed by atoms with E-state index >= 15 is 0 Å². The molecule has 6 nitrogen and oxygen atoms in total. The molecule has 0 radical (unpaired) electrons. The standard InChI is InChI=1S/C12H19N3O3S2/c1-3-10-6-4-5-7-15(10)20(17,18)11-8-13-12(19-11)14-9(2)16/h8,10H,3-7H2,1-2H3,(H,13,14,16)/t10-/m1/s1. The molecule has 1 aliphatic heterocycles. The SMILES string of the molecule is CC[C@@H]1CCCCN1S(=O)(=O)c1cnc(NC(C)=O)s1. The fourth-order valence-electron chi connectivity index (χ4n) is 2.40. The van der Waals surface area contributed by atoms with Gasteiger partial charge < -0.3 is 5.32 Å². The van der Waals surface area contributed by atoms with Crippen molar-refractivity contribution in [2.24, 2.45) is 0 Å². The number of hydrogen-bond acceptors (Lipinski definition) is 5. The summed E-state index contributed by atoms with van der Waals surface area (Å²) in [5.74, 6) is -0.257. The second kappa shape index (κ2) is 6.19. The first kappa shape index (κ1) is 15.4. The summed E-state index contributed by atoms with van der Waals surface area (Å²) in [4.78, 5) is 14.9. The van der Waals surface area contributed by atoms with E-state index in [1.807, 2.05) is 6.92 Å². The van der Waals surface area contributed by atoms with Gasteiger partial charge in [-0.25, -0.2) is 13.4 Å². The van der Waals surface area contributed by atoms with Gasteiger partial charge >= 0.3 is 0 Å². The van der Waals surface area contributed by atoms with Gasteiger partial charge in [0, 0.05) is 19.5 Å². The lowest BCUT2D eigenvalue weighted by Gasteiger charge is -2.33. The van der Waals surface area contributed by atoms with Gasteiger partial charge in [0.15, 0.2) is 9.34 Å². The quantitative estimate of drug-likeness (QED) is 0.922. The largest absolute Gasteiger partial charge is 0.302 e. The van der Waals surface area contributed by atoms with E-state index in [9.17, 15) is 13.2 Å². The van der Waals surface area contributed by atoms with E-state index in [1.54, 1.807) is 4.31 Å². The number of nitrogens with zero attached hydrogens (tertiary/aromatic N) is 2. The zero-order valence-corrected chi connectivity index (χ0v) is 13.3. The van der Waals surface area contributed by atoms with E-state index in [1.165, 1.54) is 13.1 Å². The average molecular weight is 317 g/mol. The molecule has 1 amide bonds. The predicted molar refractivity (Wildman–Crippen MR) is 78.2 cm³/mol. The van der Waals surface area contributed by atoms with Crippen LogP contribution in [0.4, 0.5) is 5.13 Å². The molecule has 1 fully saturated rings. The lowest BCUT2D eigenvalue weighted by molar-refractivity contribution is -0.114. The summed E-state index contributed by atoms with van der Waals surface area (Å²) in [6.45, 7) is 3.94. The van der Waals surface area contributed by atoms with E-state index in [0.29, 0.717) is 11.7 Å². The highest BCUT2D eigenvalue weighted by Crippen LogP contribution is 2.31. The van der Waals surface area contributed by atoms with Crippen LogP contribution in [-0.2, 0) is 14.8 Å². The molecule has 0 aromatic carbocycles. The number of rotatable bonds is 4. The smallest absolute Gasteiger partial charge is 0.254 e. The van der Waals surface area contributed by atoms with Gasteiger partial charge in [-0.05, 0) is 19.3 Å². The minimum absolute atomic E-state index is 0.0695. The number of anilines is 1. The Balaban J connectivity index is 2.24. The fraction of sp³-hybridized carbons (Fsp3) is 0.667. The van der Waals surface area contributed by atoms with Crippen molar-refractivity contribution in [2.75, 3.05) is 11.9 Å². The first-order valence-electron chi connectivity index (χ1n) is 6.70. The first-order chi connectivity index (χ1) is 9.45. The molecule has 2 heterocycles. The minimum Gasteiger partial charge on any atom is -0.302 e. The van der Waals surface area contributed by atoms with Crippen LogP contribution in [0.1, 0.15) is 39.5 Å². The monoisotopic (exact) mass is 317 g/mol. The maximum absolute atomic E-state index is 12.6. The van der Waals surface area contributed by atoms with Crippen LogP contribution in [0, 0.1) is 0 Å². The molecule has 20 heavy (non-hydrogen) atoms. The summed E-state index contributed by atoms with van der Waals surface area (Å²) in [6, 6.07) is 0.0695. The van der Waals surface area contributed by atoms with Gasteiger partial charge in [0.1, 0.15) is 0 Å². The van der Waals surface area contributed by atoms with Crippen molar-refractivity contribution in [3.8, 4) is 0 Å². The Kier molecular flexibility index (Phi) is 4.77. The van der Waals surface area contributed by atoms with Crippen molar-refractivity contribution in [3.63, 3.8) is 0 Å². The second-order valence-electron chi connectivity index (χ2n) is 4.84. The van der Waals surface area contributed by atoms with Crippen LogP contribution in [0.25, 0.3) is 0 Å². The second-order valence-corrected chi connectivity index (χ2v) is 7.99. The molecule has 1 aromatic rings. The maximum atomic E-state index is 12.6. The third kappa shape index (κ3) is 3.18. The van der Waals surface area contributed by atoms with E-state index in [-0.39, 0.29) is 16.2 Å². The molecule has 2 rings (SSSR count). The molecular formula is C12H19N3O3S2. The molecule has 0 saturated carbocycles. The Hall–Kier alpha value is -0.990. The highest BCUT2D eigenvalue weighted by atomic mass is 32.2. The van der Waals surface area contributed by atoms with Crippen molar-refractivity contribution in [1.82, 2.24) is 9.29 Å². The van der Waals surface area contributed by atoms with Crippen LogP contribution >= 0.6 is 11.3 Å². The van der Waals surface area contributed by atoms with Crippen molar-refractivity contribution in [3.05, 3.63) is 6.20 Å². The Morgan fingerprint density at radius 3 is 2.95 bits per heavy atom. The minimum atomic E-state index is -3.50. The van der Waals surface area contributed by atoms with Crippen LogP contribution in [-0.4, -0.2) is 36.2 Å². The highest BCUT2D eigenvalue weighted by molar-refractivity contribution is 7.91. The summed E-state index contributed by atoms with van der Waals surface area (Å²) in [5.41, 5.74) is 0. The molecule has 112 valence electrons. The molecule has 1 aromatic heterocycles. The number of nitrogens with one attached hydrogen (secondary N) is 1. The molecule has 0 unspecified atom stereocenters. The third-order valence-corrected chi connectivity index (χ3v) is 6.68. The Morgan fingerprint density at radius 2 is 2.30 bits per heavy atom. The summed E-state index contributed by atoms with van der Waals surface area (Å²) < 4.78 is 27.1. The summed E-state index contributed by atoms with van der Waals surface area (Å²) in [6.07, 6.45) is 5.02. The number of thiazole rings is 1. The van der Waals surface area contributed by atoms with Gasteiger partial charge in [0.05, 0.1) is 6.20 Å². The summed E-state index contributed by atoms with van der Waals surface area (Å²) in [7, 11) is -3.50. The molecule has 1 saturated heterocycles. The van der Waals surface area contributed by atoms with Crippen LogP contribution in [0.2, 0.25) is 0 Å². The Morgan fingerprint density at radius 1 is 1.55 bits per heavy atom. The number of piperidine rings is 1. The van der Waals surface area contributed by atoms with Crippen LogP contribution in [0.15, 0.2) is 10.4 Å². The topological polar surface area (TPSA) is 79.4 Å². The van der Waals surface area contributed by atoms with Crippen LogP contribution < -0.4 is 5.32 Å². The van der Waals surface area contributed by atoms with Crippen molar-refractivity contribution < 1.29 is 13.2 Å². The van der Waals surface area contributed by atoms with Crippen molar-refractivity contribution in [2.45, 2.75) is 49.8 Å². The summed E-state index contributed by atoms with van der Waals surface area (Å²) in [5, 5.41) is 2.83. The zero-order valence-electron chi connectivity index (χ0n) is 11.6. The van der Waals surface area contributed by atoms with Gasteiger partial charge in [0.25, 0.3) is 10.0 Å². The van der Waals surface area contributed by atoms with Gasteiger partial charge in [-0.15, -0.1) is 0 Å². The fourth-order valence-corrected chi connectivity index (χ4v) is 5.38. The Bertz CT molecular complexity index is 583. The lowest BCUT2D eigenvalue weighted by Crippen LogP contribution is -2.42. The van der Waals surface area contributed by atoms with Crippen LogP contribution in [0.3, 0.4) is 0 Å².